The largest absolute Gasteiger partial charge is 0.508 e. The lowest BCUT2D eigenvalue weighted by Crippen LogP contribution is -2.72. The Bertz CT molecular complexity index is 585. The molecule has 130 valence electrons. The third kappa shape index (κ3) is 3.67. The number of nitrogens with one attached hydrogen (secondary N) is 1. The third-order valence-electron chi connectivity index (χ3n) is 5.08. The van der Waals surface area contributed by atoms with Gasteiger partial charge in [-0.1, -0.05) is 13.8 Å². The van der Waals surface area contributed by atoms with Crippen LogP contribution in [0.4, 0.5) is 0 Å². The molecule has 0 unspecified atom stereocenters. The molecule has 1 aliphatic rings. The first-order chi connectivity index (χ1) is 10.2. The van der Waals surface area contributed by atoms with Crippen LogP contribution in [0.15, 0.2) is 23.2 Å². The van der Waals surface area contributed by atoms with Gasteiger partial charge in [-0.25, -0.2) is 0 Å². The number of methoxy groups -OCH3 is 1. The fraction of sp³-hybridized carbons (Fsp3) is 0.588. The molecule has 1 heterocycles. The number of phenolic OH excluding ortho intramolecular Hbond substituents is 1. The summed E-state index contributed by atoms with van der Waals surface area (Å²) < 4.78 is 5.20. The van der Waals surface area contributed by atoms with Crippen LogP contribution >= 0.6 is 24.0 Å². The van der Waals surface area contributed by atoms with Crippen LogP contribution in [0.25, 0.3) is 0 Å². The molecule has 0 amide bonds. The molecule has 2 rings (SSSR count). The number of ether oxygens (including phenoxy) is 1. The average molecular weight is 433 g/mol. The van der Waals surface area contributed by atoms with Crippen LogP contribution in [-0.2, 0) is 6.54 Å². The summed E-state index contributed by atoms with van der Waals surface area (Å²) in [4.78, 5) is 6.65. The van der Waals surface area contributed by atoms with Crippen molar-refractivity contribution in [3.63, 3.8) is 0 Å². The Hall–Kier alpha value is -1.18. The number of hydrogen-bond donors (Lipinski definition) is 2. The highest BCUT2D eigenvalue weighted by molar-refractivity contribution is 14.0. The number of hydrogen-bond acceptors (Lipinski definition) is 3. The summed E-state index contributed by atoms with van der Waals surface area (Å²) in [6, 6.07) is 5.23. The van der Waals surface area contributed by atoms with E-state index in [-0.39, 0.29) is 40.7 Å². The summed E-state index contributed by atoms with van der Waals surface area (Å²) in [7, 11) is 3.41. The Morgan fingerprint density at radius 2 is 2.00 bits per heavy atom. The van der Waals surface area contributed by atoms with Crippen molar-refractivity contribution in [2.45, 2.75) is 39.8 Å². The van der Waals surface area contributed by atoms with Crippen molar-refractivity contribution in [2.75, 3.05) is 20.7 Å². The van der Waals surface area contributed by atoms with Crippen LogP contribution in [0.5, 0.6) is 11.5 Å². The molecule has 23 heavy (non-hydrogen) atoms. The maximum Gasteiger partial charge on any atom is 0.194 e. The molecule has 2 N–H and O–H groups in total. The molecule has 1 aromatic rings. The number of nitrogens with zero attached hydrogens (tertiary/aromatic N) is 2. The maximum atomic E-state index is 9.96. The van der Waals surface area contributed by atoms with E-state index in [4.69, 9.17) is 4.74 Å². The van der Waals surface area contributed by atoms with E-state index in [9.17, 15) is 5.11 Å². The number of likely N-dealkylation sites (tertiary alicyclic amines) is 1. The average Bonchev–Trinajstić information content (AvgIpc) is 2.48. The fourth-order valence-electron chi connectivity index (χ4n) is 2.70. The van der Waals surface area contributed by atoms with Crippen LogP contribution in [0.2, 0.25) is 0 Å². The molecule has 6 heteroatoms. The monoisotopic (exact) mass is 433 g/mol. The zero-order valence-corrected chi connectivity index (χ0v) is 17.1. The molecule has 5 nitrogen and oxygen atoms in total. The number of benzene rings is 1. The summed E-state index contributed by atoms with van der Waals surface area (Å²) in [6.07, 6.45) is 0. The Balaban J connectivity index is 0.00000264. The zero-order valence-electron chi connectivity index (χ0n) is 14.8. The Labute approximate surface area is 156 Å². The smallest absolute Gasteiger partial charge is 0.194 e. The first-order valence-corrected chi connectivity index (χ1v) is 7.57. The second kappa shape index (κ2) is 7.15. The van der Waals surface area contributed by atoms with E-state index in [1.807, 2.05) is 6.07 Å². The molecule has 0 spiro atoms. The second-order valence-electron chi connectivity index (χ2n) is 6.92. The van der Waals surface area contributed by atoms with Gasteiger partial charge >= 0.3 is 0 Å². The number of halogens is 1. The summed E-state index contributed by atoms with van der Waals surface area (Å²) in [6.45, 7) is 10.5. The van der Waals surface area contributed by atoms with E-state index in [0.717, 1.165) is 23.8 Å². The van der Waals surface area contributed by atoms with Crippen LogP contribution in [0, 0.1) is 5.41 Å². The molecule has 1 aromatic carbocycles. The van der Waals surface area contributed by atoms with Crippen molar-refractivity contribution in [2.24, 2.45) is 10.4 Å². The summed E-state index contributed by atoms with van der Waals surface area (Å²) in [5, 5.41) is 13.3. The highest BCUT2D eigenvalue weighted by Crippen LogP contribution is 2.46. The Morgan fingerprint density at radius 3 is 2.48 bits per heavy atom. The number of phenols is 1. The van der Waals surface area contributed by atoms with Gasteiger partial charge < -0.3 is 20.1 Å². The summed E-state index contributed by atoms with van der Waals surface area (Å²) >= 11 is 0. The van der Waals surface area contributed by atoms with Crippen molar-refractivity contribution in [1.82, 2.24) is 10.2 Å². The minimum Gasteiger partial charge on any atom is -0.508 e. The van der Waals surface area contributed by atoms with Gasteiger partial charge in [0.05, 0.1) is 7.11 Å². The zero-order chi connectivity index (χ0) is 16.5. The lowest BCUT2D eigenvalue weighted by Gasteiger charge is -2.62. The van der Waals surface area contributed by atoms with E-state index in [1.165, 1.54) is 0 Å². The van der Waals surface area contributed by atoms with Crippen LogP contribution < -0.4 is 10.1 Å². The molecule has 0 bridgehead atoms. The van der Waals surface area contributed by atoms with E-state index >= 15 is 0 Å². The molecule has 1 fully saturated rings. The van der Waals surface area contributed by atoms with Crippen LogP contribution in [-0.4, -0.2) is 42.2 Å². The molecule has 0 saturated carbocycles. The van der Waals surface area contributed by atoms with E-state index in [1.54, 1.807) is 26.3 Å². The maximum absolute atomic E-state index is 9.96. The van der Waals surface area contributed by atoms with Gasteiger partial charge in [0.2, 0.25) is 0 Å². The predicted octanol–water partition coefficient (Wildman–Crippen LogP) is 3.21. The van der Waals surface area contributed by atoms with E-state index in [0.29, 0.717) is 6.54 Å². The van der Waals surface area contributed by atoms with E-state index < -0.39 is 0 Å². The molecule has 0 aliphatic carbocycles. The molecule has 0 aromatic heterocycles. The first-order valence-electron chi connectivity index (χ1n) is 7.57. The molecule has 1 saturated heterocycles. The molecule has 0 atom stereocenters. The Kier molecular flexibility index (Phi) is 6.18. The van der Waals surface area contributed by atoms with Crippen LogP contribution in [0.3, 0.4) is 0 Å². The first kappa shape index (κ1) is 19.9. The normalized spacial score (nSPS) is 18.7. The number of guanidine groups is 1. The quantitative estimate of drug-likeness (QED) is 0.437. The summed E-state index contributed by atoms with van der Waals surface area (Å²) in [5.74, 6) is 1.84. The van der Waals surface area contributed by atoms with Gasteiger partial charge in [0.25, 0.3) is 0 Å². The minimum absolute atomic E-state index is 0. The molecular formula is C17H28IN3O2. The number of aliphatic imine (C=N–C) groups is 1. The van der Waals surface area contributed by atoms with Crippen molar-refractivity contribution in [3.05, 3.63) is 23.8 Å². The highest BCUT2D eigenvalue weighted by Gasteiger charge is 2.53. The SMILES string of the molecule is CN=C(NCc1cc(OC)ccc1O)N1CC(C)(C)C1(C)C.I. The molecule has 1 aliphatic heterocycles. The van der Waals surface area contributed by atoms with Gasteiger partial charge in [-0.2, -0.15) is 0 Å². The standard InChI is InChI=1S/C17H27N3O2.HI/c1-16(2)11-20(17(16,3)4)15(18-5)19-10-12-9-13(22-6)7-8-14(12)21;/h7-9,21H,10-11H2,1-6H3,(H,18,19);1H. The van der Waals surface area contributed by atoms with Crippen molar-refractivity contribution in [3.8, 4) is 11.5 Å². The van der Waals surface area contributed by atoms with Crippen LogP contribution in [0.1, 0.15) is 33.3 Å². The van der Waals surface area contributed by atoms with Gasteiger partial charge in [-0.15, -0.1) is 24.0 Å². The van der Waals surface area contributed by atoms with Gasteiger partial charge in [-0.05, 0) is 32.0 Å². The highest BCUT2D eigenvalue weighted by atomic mass is 127. The van der Waals surface area contributed by atoms with Gasteiger partial charge in [0, 0.05) is 36.7 Å². The second-order valence-corrected chi connectivity index (χ2v) is 6.92. The van der Waals surface area contributed by atoms with E-state index in [2.05, 4.69) is 42.9 Å². The molecular weight excluding hydrogens is 405 g/mol. The topological polar surface area (TPSA) is 57.1 Å². The van der Waals surface area contributed by atoms with Gasteiger partial charge in [0.15, 0.2) is 5.96 Å². The number of aromatic hydroxyl groups is 1. The third-order valence-corrected chi connectivity index (χ3v) is 5.08. The van der Waals surface area contributed by atoms with Crippen molar-refractivity contribution in [1.29, 1.82) is 0 Å². The Morgan fingerprint density at radius 1 is 1.35 bits per heavy atom. The van der Waals surface area contributed by atoms with Crippen molar-refractivity contribution >= 4 is 29.9 Å². The predicted molar refractivity (Wildman–Crippen MR) is 105 cm³/mol. The van der Waals surface area contributed by atoms with Gasteiger partial charge in [-0.3, -0.25) is 4.99 Å². The fourth-order valence-corrected chi connectivity index (χ4v) is 2.70. The minimum atomic E-state index is 0. The number of rotatable bonds is 3. The van der Waals surface area contributed by atoms with Gasteiger partial charge in [0.1, 0.15) is 11.5 Å². The summed E-state index contributed by atoms with van der Waals surface area (Å²) in [5.41, 5.74) is 1.09. The molecule has 0 radical (unpaired) electrons. The lowest BCUT2D eigenvalue weighted by molar-refractivity contribution is -0.0668. The van der Waals surface area contributed by atoms with Crippen molar-refractivity contribution < 1.29 is 9.84 Å². The lowest BCUT2D eigenvalue weighted by atomic mass is 9.65.